The molecule has 0 spiro atoms. The molecule has 2 aliphatic heterocycles. The first-order valence-corrected chi connectivity index (χ1v) is 11.3. The molecule has 1 unspecified atom stereocenters. The minimum absolute atomic E-state index is 0.00957. The lowest BCUT2D eigenvalue weighted by Crippen LogP contribution is -2.48. The van der Waals surface area contributed by atoms with Gasteiger partial charge < -0.3 is 30.1 Å². The highest BCUT2D eigenvalue weighted by Crippen LogP contribution is 2.26. The van der Waals surface area contributed by atoms with Gasteiger partial charge in [0.2, 0.25) is 5.95 Å². The van der Waals surface area contributed by atoms with Crippen LogP contribution in [0.1, 0.15) is 25.8 Å². The molecule has 0 aliphatic carbocycles. The van der Waals surface area contributed by atoms with Gasteiger partial charge in [0.15, 0.2) is 11.7 Å². The van der Waals surface area contributed by atoms with Crippen LogP contribution in [-0.4, -0.2) is 71.0 Å². The van der Waals surface area contributed by atoms with E-state index in [1.807, 2.05) is 24.1 Å². The number of nitrogens with zero attached hydrogens (tertiary/aromatic N) is 5. The maximum atomic E-state index is 15.0. The summed E-state index contributed by atoms with van der Waals surface area (Å²) in [6.45, 7) is 5.73. The van der Waals surface area contributed by atoms with Crippen LogP contribution >= 0.6 is 0 Å². The van der Waals surface area contributed by atoms with Crippen molar-refractivity contribution in [3.63, 3.8) is 0 Å². The zero-order chi connectivity index (χ0) is 25.7. The molecule has 1 atom stereocenters. The van der Waals surface area contributed by atoms with E-state index in [9.17, 15) is 9.18 Å². The fourth-order valence-corrected chi connectivity index (χ4v) is 3.69. The molecule has 2 fully saturated rings. The minimum atomic E-state index is -1.34. The Morgan fingerprint density at radius 2 is 2.11 bits per heavy atom. The molecule has 0 bridgehead atoms. The Kier molecular flexibility index (Phi) is 7.60. The van der Waals surface area contributed by atoms with Crippen molar-refractivity contribution < 1.29 is 28.6 Å². The van der Waals surface area contributed by atoms with E-state index in [1.54, 1.807) is 30.6 Å². The van der Waals surface area contributed by atoms with Crippen LogP contribution in [0, 0.1) is 5.82 Å². The summed E-state index contributed by atoms with van der Waals surface area (Å²) < 4.78 is 26.2. The third-order valence-corrected chi connectivity index (χ3v) is 5.50. The predicted octanol–water partition coefficient (Wildman–Crippen LogP) is 2.10. The SMILES string of the molecule is CC1(C)OCC(CCON=C2CN(c3ncc(-c4cccc(CN=C(N)NC(=O)O)c4F)cn3)C2)O1. The molecule has 3 heterocycles. The lowest BCUT2D eigenvalue weighted by molar-refractivity contribution is -0.140. The molecule has 4 N–H and O–H groups in total. The summed E-state index contributed by atoms with van der Waals surface area (Å²) in [5, 5.41) is 14.7. The van der Waals surface area contributed by atoms with Crippen molar-refractivity contribution in [1.82, 2.24) is 15.3 Å². The number of carbonyl (C=O) groups is 1. The number of rotatable bonds is 8. The lowest BCUT2D eigenvalue weighted by atomic mass is 10.0. The Morgan fingerprint density at radius 1 is 1.36 bits per heavy atom. The molecular formula is C23H28FN7O5. The predicted molar refractivity (Wildman–Crippen MR) is 129 cm³/mol. The molecule has 0 radical (unpaired) electrons. The quantitative estimate of drug-likeness (QED) is 0.213. The van der Waals surface area contributed by atoms with Crippen molar-refractivity contribution in [2.45, 2.75) is 38.7 Å². The van der Waals surface area contributed by atoms with Gasteiger partial charge >= 0.3 is 6.09 Å². The summed E-state index contributed by atoms with van der Waals surface area (Å²) in [7, 11) is 0. The van der Waals surface area contributed by atoms with E-state index < -0.39 is 17.7 Å². The van der Waals surface area contributed by atoms with Crippen LogP contribution in [0.15, 0.2) is 40.7 Å². The Balaban J connectivity index is 1.28. The highest BCUT2D eigenvalue weighted by atomic mass is 19.1. The van der Waals surface area contributed by atoms with Gasteiger partial charge in [-0.25, -0.2) is 24.1 Å². The number of hydrogen-bond donors (Lipinski definition) is 3. The molecule has 1 amide bonds. The van der Waals surface area contributed by atoms with Crippen molar-refractivity contribution in [1.29, 1.82) is 0 Å². The highest BCUT2D eigenvalue weighted by molar-refractivity contribution is 5.98. The van der Waals surface area contributed by atoms with Gasteiger partial charge in [0.25, 0.3) is 0 Å². The fraction of sp³-hybridized carbons (Fsp3) is 0.435. The molecule has 0 saturated carbocycles. The largest absolute Gasteiger partial charge is 0.465 e. The smallest absolute Gasteiger partial charge is 0.411 e. The molecule has 13 heteroatoms. The number of carboxylic acid groups (broad SMARTS) is 1. The normalized spacial score (nSPS) is 19.1. The van der Waals surface area contributed by atoms with E-state index in [0.717, 1.165) is 5.71 Å². The number of halogens is 1. The molecule has 2 aliphatic rings. The number of oxime groups is 1. The average Bonchev–Trinajstić information content (AvgIpc) is 3.15. The maximum absolute atomic E-state index is 15.0. The zero-order valence-electron chi connectivity index (χ0n) is 20.0. The van der Waals surface area contributed by atoms with Crippen LogP contribution in [0.2, 0.25) is 0 Å². The van der Waals surface area contributed by atoms with Gasteiger partial charge in [-0.2, -0.15) is 0 Å². The molecule has 4 rings (SSSR count). The zero-order valence-corrected chi connectivity index (χ0v) is 20.0. The Labute approximate surface area is 207 Å². The number of aromatic nitrogens is 2. The number of hydrogen-bond acceptors (Lipinski definition) is 9. The van der Waals surface area contributed by atoms with E-state index in [-0.39, 0.29) is 24.2 Å². The monoisotopic (exact) mass is 501 g/mol. The number of benzene rings is 1. The fourth-order valence-electron chi connectivity index (χ4n) is 3.69. The summed E-state index contributed by atoms with van der Waals surface area (Å²) in [5.74, 6) is -0.858. The first kappa shape index (κ1) is 25.3. The second-order valence-electron chi connectivity index (χ2n) is 8.77. The van der Waals surface area contributed by atoms with Gasteiger partial charge in [0.1, 0.15) is 12.4 Å². The number of anilines is 1. The average molecular weight is 502 g/mol. The van der Waals surface area contributed by atoms with E-state index in [4.69, 9.17) is 25.2 Å². The van der Waals surface area contributed by atoms with Gasteiger partial charge in [-0.15, -0.1) is 0 Å². The number of nitrogens with two attached hydrogens (primary N) is 1. The topological polar surface area (TPSA) is 157 Å². The Bertz CT molecular complexity index is 1150. The third kappa shape index (κ3) is 6.43. The van der Waals surface area contributed by atoms with Gasteiger partial charge in [0, 0.05) is 35.5 Å². The minimum Gasteiger partial charge on any atom is -0.465 e. The Hall–Kier alpha value is -3.84. The van der Waals surface area contributed by atoms with E-state index >= 15 is 0 Å². The summed E-state index contributed by atoms with van der Waals surface area (Å²) >= 11 is 0. The standard InChI is InChI=1S/C23H28FN7O5/c1-23(2)34-13-17(36-23)6-7-35-30-16-11-31(12-16)21-27-9-15(10-28-21)18-5-3-4-14(19(18)24)8-26-20(25)29-22(32)33/h3-5,9-10,17H,6-8,11-13H2,1-2H3,(H,32,33)(H3,25,26,29). The number of amides is 1. The van der Waals surface area contributed by atoms with Crippen molar-refractivity contribution in [3.8, 4) is 11.1 Å². The van der Waals surface area contributed by atoms with Crippen molar-refractivity contribution >= 4 is 23.7 Å². The van der Waals surface area contributed by atoms with Crippen molar-refractivity contribution in [3.05, 3.63) is 42.0 Å². The first-order chi connectivity index (χ1) is 17.2. The number of nitrogens with one attached hydrogen (secondary N) is 1. The van der Waals surface area contributed by atoms with Crippen molar-refractivity contribution in [2.75, 3.05) is 31.2 Å². The number of aliphatic imine (C=N–C) groups is 1. The molecule has 1 aromatic carbocycles. The lowest BCUT2D eigenvalue weighted by Gasteiger charge is -2.31. The number of guanidine groups is 1. The summed E-state index contributed by atoms with van der Waals surface area (Å²) in [6, 6.07) is 4.82. The van der Waals surface area contributed by atoms with E-state index in [1.165, 1.54) is 0 Å². The van der Waals surface area contributed by atoms with E-state index in [0.29, 0.717) is 49.8 Å². The van der Waals surface area contributed by atoms with Gasteiger partial charge in [-0.1, -0.05) is 23.4 Å². The second kappa shape index (κ2) is 10.8. The third-order valence-electron chi connectivity index (χ3n) is 5.50. The summed E-state index contributed by atoms with van der Waals surface area (Å²) in [4.78, 5) is 30.4. The molecule has 12 nitrogen and oxygen atoms in total. The maximum Gasteiger partial charge on any atom is 0.411 e. The van der Waals surface area contributed by atoms with Crippen LogP contribution in [0.3, 0.4) is 0 Å². The van der Waals surface area contributed by atoms with Crippen LogP contribution in [0.5, 0.6) is 0 Å². The van der Waals surface area contributed by atoms with Gasteiger partial charge in [0.05, 0.1) is 38.1 Å². The molecule has 1 aromatic heterocycles. The van der Waals surface area contributed by atoms with Gasteiger partial charge in [-0.05, 0) is 13.8 Å². The van der Waals surface area contributed by atoms with Crippen molar-refractivity contribution in [2.24, 2.45) is 15.9 Å². The van der Waals surface area contributed by atoms with Crippen LogP contribution in [0.4, 0.5) is 15.1 Å². The summed E-state index contributed by atoms with van der Waals surface area (Å²) in [6.07, 6.45) is 2.46. The molecule has 192 valence electrons. The Morgan fingerprint density at radius 3 is 2.78 bits per heavy atom. The van der Waals surface area contributed by atoms with Gasteiger partial charge in [-0.3, -0.25) is 5.32 Å². The highest BCUT2D eigenvalue weighted by Gasteiger charge is 2.32. The molecule has 2 aromatic rings. The van der Waals surface area contributed by atoms with Crippen LogP contribution < -0.4 is 16.0 Å². The van der Waals surface area contributed by atoms with E-state index in [2.05, 4.69) is 20.1 Å². The first-order valence-electron chi connectivity index (χ1n) is 11.3. The van der Waals surface area contributed by atoms with Crippen LogP contribution in [-0.2, 0) is 20.9 Å². The molecule has 36 heavy (non-hydrogen) atoms. The second-order valence-corrected chi connectivity index (χ2v) is 8.77. The number of ether oxygens (including phenoxy) is 2. The van der Waals surface area contributed by atoms with Crippen LogP contribution in [0.25, 0.3) is 11.1 Å². The summed E-state index contributed by atoms with van der Waals surface area (Å²) in [5.41, 5.74) is 7.38. The molecule has 2 saturated heterocycles. The molecular weight excluding hydrogens is 473 g/mol.